The number of alkyl halides is 3. The van der Waals surface area contributed by atoms with Gasteiger partial charge in [0, 0.05) is 5.70 Å². The second kappa shape index (κ2) is 8.97. The number of carbonyl (C=O) groups excluding carboxylic acids is 2. The number of carbonyl (C=O) groups is 2. The molecule has 0 saturated carbocycles. The Hall–Kier alpha value is -3.44. The summed E-state index contributed by atoms with van der Waals surface area (Å²) in [7, 11) is -4.72. The van der Waals surface area contributed by atoms with Crippen LogP contribution in [0.1, 0.15) is 39.1 Å². The van der Waals surface area contributed by atoms with Crippen LogP contribution in [0.5, 0.6) is 0 Å². The number of fused-ring (bicyclic) bond motifs is 1. The molecule has 12 heteroatoms. The van der Waals surface area contributed by atoms with Gasteiger partial charge in [-0.25, -0.2) is 17.7 Å². The number of hydrogen-bond donors (Lipinski definition) is 1. The summed E-state index contributed by atoms with van der Waals surface area (Å²) in [4.78, 5) is 26.3. The van der Waals surface area contributed by atoms with Crippen molar-refractivity contribution in [2.45, 2.75) is 23.9 Å². The third-order valence-electron chi connectivity index (χ3n) is 5.25. The number of sulfonamides is 1. The summed E-state index contributed by atoms with van der Waals surface area (Å²) in [6.07, 6.45) is 4.54. The number of benzene rings is 2. The van der Waals surface area contributed by atoms with Crippen molar-refractivity contribution < 1.29 is 35.6 Å². The molecule has 0 atom stereocenters. The molecule has 0 bridgehead atoms. The molecule has 6 nitrogen and oxygen atoms in total. The van der Waals surface area contributed by atoms with Gasteiger partial charge in [0.05, 0.1) is 32.3 Å². The Morgan fingerprint density at radius 1 is 0.971 bits per heavy atom. The normalized spacial score (nSPS) is 19.5. The maximum Gasteiger partial charge on any atom is 0.419 e. The van der Waals surface area contributed by atoms with Crippen LogP contribution in [-0.4, -0.2) is 25.1 Å². The number of halogens is 5. The van der Waals surface area contributed by atoms with Crippen molar-refractivity contribution in [1.29, 1.82) is 0 Å². The van der Waals surface area contributed by atoms with Crippen molar-refractivity contribution in [1.82, 2.24) is 4.90 Å². The van der Waals surface area contributed by atoms with Crippen molar-refractivity contribution in [2.24, 2.45) is 0 Å². The first-order valence-corrected chi connectivity index (χ1v) is 11.9. The Bertz CT molecular complexity index is 1450. The van der Waals surface area contributed by atoms with Gasteiger partial charge < -0.3 is 0 Å². The second-order valence-corrected chi connectivity index (χ2v) is 9.62. The van der Waals surface area contributed by atoms with Crippen LogP contribution in [0.2, 0.25) is 5.02 Å². The number of rotatable bonds is 4. The highest BCUT2D eigenvalue weighted by atomic mass is 35.5. The van der Waals surface area contributed by atoms with Crippen molar-refractivity contribution in [3.05, 3.63) is 93.9 Å². The van der Waals surface area contributed by atoms with Crippen molar-refractivity contribution in [2.75, 3.05) is 4.72 Å². The van der Waals surface area contributed by atoms with Crippen LogP contribution in [0.3, 0.4) is 0 Å². The molecular formula is C23H15ClF4N2O4S. The fourth-order valence-corrected chi connectivity index (χ4v) is 4.96. The molecular weight excluding hydrogens is 512 g/mol. The van der Waals surface area contributed by atoms with Crippen LogP contribution in [0.25, 0.3) is 0 Å². The summed E-state index contributed by atoms with van der Waals surface area (Å²) in [5.74, 6) is -3.28. The molecule has 1 N–H and O–H groups in total. The molecule has 1 heterocycles. The first-order valence-electron chi connectivity index (χ1n) is 10.1. The van der Waals surface area contributed by atoms with E-state index in [0.717, 1.165) is 11.0 Å². The third kappa shape index (κ3) is 4.61. The topological polar surface area (TPSA) is 83.5 Å². The number of imide groups is 1. The zero-order valence-electron chi connectivity index (χ0n) is 17.6. The number of anilines is 1. The predicted octanol–water partition coefficient (Wildman–Crippen LogP) is 5.68. The number of allylic oxidation sites excluding steroid dienone is 5. The molecule has 0 radical (unpaired) electrons. The fourth-order valence-electron chi connectivity index (χ4n) is 3.63. The Balaban J connectivity index is 1.76. The van der Waals surface area contributed by atoms with E-state index in [2.05, 4.69) is 0 Å². The van der Waals surface area contributed by atoms with Crippen LogP contribution < -0.4 is 4.72 Å². The van der Waals surface area contributed by atoms with Gasteiger partial charge in [0.15, 0.2) is 0 Å². The summed E-state index contributed by atoms with van der Waals surface area (Å²) in [6.45, 7) is 0. The summed E-state index contributed by atoms with van der Waals surface area (Å²) < 4.78 is 80.6. The lowest BCUT2D eigenvalue weighted by Crippen LogP contribution is -2.28. The molecule has 1 aliphatic carbocycles. The lowest BCUT2D eigenvalue weighted by atomic mass is 10.1. The third-order valence-corrected chi connectivity index (χ3v) is 6.92. The lowest BCUT2D eigenvalue weighted by Gasteiger charge is -2.16. The zero-order valence-corrected chi connectivity index (χ0v) is 19.1. The minimum Gasteiger partial charge on any atom is -0.279 e. The van der Waals surface area contributed by atoms with Gasteiger partial charge in [-0.1, -0.05) is 35.9 Å². The average Bonchev–Trinajstić information content (AvgIpc) is 3.01. The fraction of sp³-hybridized carbons (Fsp3) is 0.130. The van der Waals surface area contributed by atoms with Gasteiger partial charge in [-0.3, -0.25) is 14.3 Å². The molecule has 182 valence electrons. The van der Waals surface area contributed by atoms with Gasteiger partial charge in [0.2, 0.25) is 0 Å². The second-order valence-electron chi connectivity index (χ2n) is 7.53. The Kier molecular flexibility index (Phi) is 6.32. The lowest BCUT2D eigenvalue weighted by molar-refractivity contribution is -0.140. The molecule has 0 fully saturated rings. The maximum atomic E-state index is 13.6. The summed E-state index contributed by atoms with van der Waals surface area (Å²) in [5, 5.41) is -0.111. The number of hydrogen-bond acceptors (Lipinski definition) is 4. The number of nitrogens with zero attached hydrogens (tertiary/aromatic N) is 1. The number of nitrogens with one attached hydrogen (secondary N) is 1. The summed E-state index contributed by atoms with van der Waals surface area (Å²) >= 11 is 6.15. The van der Waals surface area contributed by atoms with E-state index in [1.165, 1.54) is 12.1 Å². The van der Waals surface area contributed by atoms with Crippen molar-refractivity contribution in [3.63, 3.8) is 0 Å². The van der Waals surface area contributed by atoms with Crippen LogP contribution >= 0.6 is 11.6 Å². The highest BCUT2D eigenvalue weighted by molar-refractivity contribution is 7.92. The van der Waals surface area contributed by atoms with E-state index in [1.807, 2.05) is 10.8 Å². The summed E-state index contributed by atoms with van der Waals surface area (Å²) in [6, 6.07) is 3.48. The minimum absolute atomic E-state index is 0.111. The van der Waals surface area contributed by atoms with Gasteiger partial charge in [-0.05, 0) is 49.2 Å². The monoisotopic (exact) mass is 526 g/mol. The highest BCUT2D eigenvalue weighted by Crippen LogP contribution is 2.38. The largest absolute Gasteiger partial charge is 0.419 e. The Morgan fingerprint density at radius 3 is 2.40 bits per heavy atom. The van der Waals surface area contributed by atoms with Crippen LogP contribution in [0, 0.1) is 5.82 Å². The minimum atomic E-state index is -5.13. The van der Waals surface area contributed by atoms with Gasteiger partial charge in [0.1, 0.15) is 5.82 Å². The molecule has 2 aliphatic rings. The molecule has 2 aromatic carbocycles. The van der Waals surface area contributed by atoms with E-state index in [0.29, 0.717) is 25.0 Å². The molecule has 4 rings (SSSR count). The highest BCUT2D eigenvalue weighted by Gasteiger charge is 2.42. The van der Waals surface area contributed by atoms with Crippen LogP contribution in [0.15, 0.2) is 71.3 Å². The zero-order chi connectivity index (χ0) is 25.5. The molecule has 0 spiro atoms. The molecule has 2 aromatic rings. The first-order chi connectivity index (χ1) is 16.4. The van der Waals surface area contributed by atoms with E-state index >= 15 is 0 Å². The van der Waals surface area contributed by atoms with Crippen LogP contribution in [0.4, 0.5) is 23.2 Å². The van der Waals surface area contributed by atoms with Gasteiger partial charge in [-0.2, -0.15) is 13.2 Å². The predicted molar refractivity (Wildman–Crippen MR) is 120 cm³/mol. The molecule has 2 amide bonds. The van der Waals surface area contributed by atoms with Gasteiger partial charge in [-0.15, -0.1) is 0 Å². The molecule has 0 unspecified atom stereocenters. The summed E-state index contributed by atoms with van der Waals surface area (Å²) in [5.41, 5.74) is -2.47. The molecule has 0 saturated heterocycles. The average molecular weight is 527 g/mol. The quantitative estimate of drug-likeness (QED) is 0.410. The van der Waals surface area contributed by atoms with E-state index < -0.39 is 44.3 Å². The van der Waals surface area contributed by atoms with Crippen molar-refractivity contribution in [3.8, 4) is 0 Å². The van der Waals surface area contributed by atoms with Gasteiger partial charge in [0.25, 0.3) is 21.8 Å². The van der Waals surface area contributed by atoms with E-state index in [1.54, 1.807) is 18.2 Å². The number of amides is 2. The van der Waals surface area contributed by atoms with E-state index in [9.17, 15) is 35.6 Å². The van der Waals surface area contributed by atoms with E-state index in [4.69, 9.17) is 11.6 Å². The van der Waals surface area contributed by atoms with Gasteiger partial charge >= 0.3 is 6.18 Å². The standard InChI is InChI=1S/C23H15ClF4N2O4S/c24-16-9-11-18(29-35(33,34)14-8-10-17(25)15(12-14)23(26,27)28)20-19(16)21(31)30(22(20)32)13-6-4-2-1-3-5-7-13/h1-2,4,6-12,29H,3,5H2/b2-1+,6-4-,13-7+. The SMILES string of the molecule is O=C1c2c(Cl)ccc(NS(=O)(=O)c3ccc(F)c(C(F)(F)F)c3)c2C(=O)N1C1=C/CC/C=C/C=C\1. The Labute approximate surface area is 202 Å². The van der Waals surface area contributed by atoms with Crippen LogP contribution in [-0.2, 0) is 16.2 Å². The smallest absolute Gasteiger partial charge is 0.279 e. The van der Waals surface area contributed by atoms with Crippen molar-refractivity contribution >= 4 is 39.1 Å². The van der Waals surface area contributed by atoms with E-state index in [-0.39, 0.29) is 33.6 Å². The first kappa shape index (κ1) is 24.7. The maximum absolute atomic E-state index is 13.6. The Morgan fingerprint density at radius 2 is 1.69 bits per heavy atom. The molecule has 1 aliphatic heterocycles. The molecule has 0 aromatic heterocycles. The molecule has 35 heavy (non-hydrogen) atoms.